The van der Waals surface area contributed by atoms with Crippen LogP contribution in [-0.4, -0.2) is 32.1 Å². The average molecular weight is 252 g/mol. The summed E-state index contributed by atoms with van der Waals surface area (Å²) in [5.41, 5.74) is 0. The van der Waals surface area contributed by atoms with Gasteiger partial charge in [-0.25, -0.2) is 0 Å². The summed E-state index contributed by atoms with van der Waals surface area (Å²) in [6, 6.07) is 4.33. The van der Waals surface area contributed by atoms with Crippen LogP contribution in [0.25, 0.3) is 0 Å². The summed E-state index contributed by atoms with van der Waals surface area (Å²) >= 11 is 0. The molecule has 0 aliphatic heterocycles. The monoisotopic (exact) mass is 252 g/mol. The van der Waals surface area contributed by atoms with Crippen LogP contribution in [0.1, 0.15) is 50.8 Å². The van der Waals surface area contributed by atoms with Gasteiger partial charge in [-0.1, -0.05) is 32.6 Å². The number of hydrogen-bond donors (Lipinski definition) is 1. The van der Waals surface area contributed by atoms with Crippen molar-refractivity contribution in [3.05, 3.63) is 24.2 Å². The van der Waals surface area contributed by atoms with Crippen LogP contribution in [0.15, 0.2) is 22.8 Å². The van der Waals surface area contributed by atoms with Crippen LogP contribution in [-0.2, 0) is 0 Å². The smallest absolute Gasteiger partial charge is 0.122 e. The third-order valence-electron chi connectivity index (χ3n) is 3.29. The van der Waals surface area contributed by atoms with Crippen LogP contribution in [0.5, 0.6) is 0 Å². The van der Waals surface area contributed by atoms with Crippen LogP contribution < -0.4 is 5.32 Å². The Morgan fingerprint density at radius 1 is 1.22 bits per heavy atom. The highest BCUT2D eigenvalue weighted by atomic mass is 16.3. The predicted molar refractivity (Wildman–Crippen MR) is 76.8 cm³/mol. The second kappa shape index (κ2) is 9.17. The van der Waals surface area contributed by atoms with Crippen molar-refractivity contribution in [2.45, 2.75) is 45.1 Å². The summed E-state index contributed by atoms with van der Waals surface area (Å²) in [6.07, 6.45) is 8.41. The Labute approximate surface area is 112 Å². The molecule has 0 saturated carbocycles. The highest BCUT2D eigenvalue weighted by Crippen LogP contribution is 2.17. The van der Waals surface area contributed by atoms with Gasteiger partial charge in [-0.3, -0.25) is 4.90 Å². The Bertz CT molecular complexity index is 283. The van der Waals surface area contributed by atoms with Crippen LogP contribution >= 0.6 is 0 Å². The molecular weight excluding hydrogens is 224 g/mol. The van der Waals surface area contributed by atoms with Gasteiger partial charge in [-0.2, -0.15) is 0 Å². The molecule has 1 unspecified atom stereocenters. The van der Waals surface area contributed by atoms with E-state index in [1.165, 1.54) is 32.1 Å². The van der Waals surface area contributed by atoms with E-state index in [-0.39, 0.29) is 0 Å². The maximum absolute atomic E-state index is 5.49. The quantitative estimate of drug-likeness (QED) is 0.647. The lowest BCUT2D eigenvalue weighted by atomic mass is 10.1. The van der Waals surface area contributed by atoms with Crippen molar-refractivity contribution in [2.24, 2.45) is 0 Å². The number of furan rings is 1. The van der Waals surface area contributed by atoms with Crippen molar-refractivity contribution in [1.82, 2.24) is 10.2 Å². The molecule has 1 rings (SSSR count). The van der Waals surface area contributed by atoms with Crippen LogP contribution in [0.2, 0.25) is 0 Å². The molecule has 18 heavy (non-hydrogen) atoms. The van der Waals surface area contributed by atoms with Crippen molar-refractivity contribution >= 4 is 0 Å². The molecule has 3 heteroatoms. The van der Waals surface area contributed by atoms with Crippen molar-refractivity contribution in [3.8, 4) is 0 Å². The van der Waals surface area contributed by atoms with E-state index >= 15 is 0 Å². The second-order valence-corrected chi connectivity index (χ2v) is 5.11. The highest BCUT2D eigenvalue weighted by molar-refractivity contribution is 5.04. The molecule has 1 atom stereocenters. The molecular formula is C15H28N2O. The summed E-state index contributed by atoms with van der Waals surface area (Å²) in [5, 5.41) is 3.53. The van der Waals surface area contributed by atoms with Gasteiger partial charge in [0.1, 0.15) is 5.76 Å². The molecule has 0 saturated heterocycles. The lowest BCUT2D eigenvalue weighted by molar-refractivity contribution is 0.250. The molecule has 0 amide bonds. The molecule has 0 aliphatic rings. The molecule has 0 radical (unpaired) electrons. The molecule has 0 bridgehead atoms. The summed E-state index contributed by atoms with van der Waals surface area (Å²) in [4.78, 5) is 2.20. The topological polar surface area (TPSA) is 28.4 Å². The molecule has 1 N–H and O–H groups in total. The first-order valence-electron chi connectivity index (χ1n) is 7.16. The predicted octanol–water partition coefficient (Wildman–Crippen LogP) is 3.44. The third-order valence-corrected chi connectivity index (χ3v) is 3.29. The zero-order valence-corrected chi connectivity index (χ0v) is 12.1. The SMILES string of the molecule is CCCCCCCNCC(c1ccco1)N(C)C. The van der Waals surface area contributed by atoms with Gasteiger partial charge in [0.2, 0.25) is 0 Å². The van der Waals surface area contributed by atoms with E-state index in [9.17, 15) is 0 Å². The Morgan fingerprint density at radius 3 is 2.61 bits per heavy atom. The van der Waals surface area contributed by atoms with Crippen molar-refractivity contribution < 1.29 is 4.42 Å². The summed E-state index contributed by atoms with van der Waals surface area (Å²) in [7, 11) is 4.19. The van der Waals surface area contributed by atoms with Crippen LogP contribution in [0.4, 0.5) is 0 Å². The summed E-state index contributed by atoms with van der Waals surface area (Å²) < 4.78 is 5.49. The molecule has 0 fully saturated rings. The molecule has 1 aromatic rings. The molecule has 1 aromatic heterocycles. The number of hydrogen-bond acceptors (Lipinski definition) is 3. The minimum Gasteiger partial charge on any atom is -0.468 e. The van der Waals surface area contributed by atoms with Crippen molar-refractivity contribution in [2.75, 3.05) is 27.2 Å². The maximum atomic E-state index is 5.49. The summed E-state index contributed by atoms with van der Waals surface area (Å²) in [6.45, 7) is 4.31. The minimum atomic E-state index is 0.329. The first-order chi connectivity index (χ1) is 8.75. The van der Waals surface area contributed by atoms with Crippen molar-refractivity contribution in [1.29, 1.82) is 0 Å². The molecule has 0 spiro atoms. The van der Waals surface area contributed by atoms with Gasteiger partial charge in [0.25, 0.3) is 0 Å². The summed E-state index contributed by atoms with van der Waals surface area (Å²) in [5.74, 6) is 1.04. The number of likely N-dealkylation sites (N-methyl/N-ethyl adjacent to an activating group) is 1. The minimum absolute atomic E-state index is 0.329. The lowest BCUT2D eigenvalue weighted by Gasteiger charge is -2.22. The molecule has 0 aliphatic carbocycles. The first-order valence-corrected chi connectivity index (χ1v) is 7.16. The van der Waals surface area contributed by atoms with E-state index in [0.717, 1.165) is 18.8 Å². The molecule has 3 nitrogen and oxygen atoms in total. The van der Waals surface area contributed by atoms with E-state index in [0.29, 0.717) is 6.04 Å². The Balaban J connectivity index is 2.15. The number of nitrogens with one attached hydrogen (secondary N) is 1. The van der Waals surface area contributed by atoms with E-state index < -0.39 is 0 Å². The van der Waals surface area contributed by atoms with Gasteiger partial charge in [-0.05, 0) is 39.2 Å². The van der Waals surface area contributed by atoms with E-state index in [2.05, 4.69) is 31.2 Å². The zero-order valence-electron chi connectivity index (χ0n) is 12.1. The first kappa shape index (κ1) is 15.3. The van der Waals surface area contributed by atoms with E-state index in [4.69, 9.17) is 4.42 Å². The standard InChI is InChI=1S/C15H28N2O/c1-4-5-6-7-8-11-16-13-14(17(2)3)15-10-9-12-18-15/h9-10,12,14,16H,4-8,11,13H2,1-3H3. The molecule has 1 heterocycles. The zero-order chi connectivity index (χ0) is 13.2. The Morgan fingerprint density at radius 2 is 2.00 bits per heavy atom. The van der Waals surface area contributed by atoms with Gasteiger partial charge < -0.3 is 9.73 Å². The normalized spacial score (nSPS) is 13.1. The maximum Gasteiger partial charge on any atom is 0.122 e. The number of unbranched alkanes of at least 4 members (excludes halogenated alkanes) is 4. The molecule has 0 aromatic carbocycles. The fraction of sp³-hybridized carbons (Fsp3) is 0.733. The lowest BCUT2D eigenvalue weighted by Crippen LogP contribution is -2.31. The van der Waals surface area contributed by atoms with Crippen LogP contribution in [0.3, 0.4) is 0 Å². The van der Waals surface area contributed by atoms with E-state index in [1.54, 1.807) is 6.26 Å². The van der Waals surface area contributed by atoms with Gasteiger partial charge in [0.05, 0.1) is 12.3 Å². The van der Waals surface area contributed by atoms with Gasteiger partial charge in [0.15, 0.2) is 0 Å². The van der Waals surface area contributed by atoms with Gasteiger partial charge >= 0.3 is 0 Å². The average Bonchev–Trinajstić information content (AvgIpc) is 2.85. The number of nitrogens with zero attached hydrogens (tertiary/aromatic N) is 1. The fourth-order valence-electron chi connectivity index (χ4n) is 2.11. The van der Waals surface area contributed by atoms with Crippen molar-refractivity contribution in [3.63, 3.8) is 0 Å². The Hall–Kier alpha value is -0.800. The Kier molecular flexibility index (Phi) is 7.78. The second-order valence-electron chi connectivity index (χ2n) is 5.11. The fourth-order valence-corrected chi connectivity index (χ4v) is 2.11. The third kappa shape index (κ3) is 5.69. The number of rotatable bonds is 10. The van der Waals surface area contributed by atoms with Crippen LogP contribution in [0, 0.1) is 0 Å². The van der Waals surface area contributed by atoms with Gasteiger partial charge in [-0.15, -0.1) is 0 Å². The van der Waals surface area contributed by atoms with E-state index in [1.807, 2.05) is 12.1 Å². The highest BCUT2D eigenvalue weighted by Gasteiger charge is 2.15. The largest absolute Gasteiger partial charge is 0.468 e. The molecule has 104 valence electrons. The van der Waals surface area contributed by atoms with Gasteiger partial charge in [0, 0.05) is 6.54 Å².